The van der Waals surface area contributed by atoms with Gasteiger partial charge in [0.2, 0.25) is 5.76 Å². The molecule has 142 valence electrons. The quantitative estimate of drug-likeness (QED) is 0.579. The zero-order chi connectivity index (χ0) is 19.6. The second-order valence-electron chi connectivity index (χ2n) is 5.56. The first kappa shape index (κ1) is 19.6. The number of halogens is 4. The Morgan fingerprint density at radius 2 is 1.93 bits per heavy atom. The fourth-order valence-electron chi connectivity index (χ4n) is 2.63. The van der Waals surface area contributed by atoms with E-state index in [2.05, 4.69) is 0 Å². The van der Waals surface area contributed by atoms with E-state index in [1.807, 2.05) is 0 Å². The Kier molecular flexibility index (Phi) is 5.72. The molecule has 1 aliphatic rings. The van der Waals surface area contributed by atoms with E-state index in [1.54, 1.807) is 30.3 Å². The Morgan fingerprint density at radius 1 is 1.22 bits per heavy atom. The number of carbonyl (C=O) groups excluding carboxylic acids is 1. The highest BCUT2D eigenvalue weighted by Crippen LogP contribution is 2.51. The number of hydrogen-bond acceptors (Lipinski definition) is 4. The number of allylic oxidation sites excluding steroid dienone is 1. The number of esters is 1. The summed E-state index contributed by atoms with van der Waals surface area (Å²) in [5, 5.41) is -0.653. The summed E-state index contributed by atoms with van der Waals surface area (Å²) >= 11 is 7.14. The molecule has 2 aromatic rings. The van der Waals surface area contributed by atoms with Crippen LogP contribution in [-0.2, 0) is 9.53 Å². The van der Waals surface area contributed by atoms with Gasteiger partial charge in [-0.25, -0.2) is 4.79 Å². The van der Waals surface area contributed by atoms with Crippen LogP contribution in [0.2, 0.25) is 5.02 Å². The highest BCUT2D eigenvalue weighted by Gasteiger charge is 2.47. The van der Waals surface area contributed by atoms with Crippen LogP contribution in [0, 0.1) is 0 Å². The summed E-state index contributed by atoms with van der Waals surface area (Å²) < 4.78 is 50.9. The van der Waals surface area contributed by atoms with Gasteiger partial charge in [-0.2, -0.15) is 13.2 Å². The van der Waals surface area contributed by atoms with Gasteiger partial charge in [0.15, 0.2) is 0 Å². The summed E-state index contributed by atoms with van der Waals surface area (Å²) in [5.41, 5.74) is -0.194. The number of alkyl halides is 3. The number of rotatable bonds is 4. The Labute approximate surface area is 163 Å². The van der Waals surface area contributed by atoms with Gasteiger partial charge in [-0.15, -0.1) is 11.8 Å². The first-order valence-electron chi connectivity index (χ1n) is 7.98. The monoisotopic (exact) mass is 414 g/mol. The van der Waals surface area contributed by atoms with Crippen molar-refractivity contribution in [3.05, 3.63) is 70.4 Å². The predicted octanol–water partition coefficient (Wildman–Crippen LogP) is 5.95. The molecule has 27 heavy (non-hydrogen) atoms. The van der Waals surface area contributed by atoms with Crippen LogP contribution in [-0.4, -0.2) is 18.8 Å². The lowest BCUT2D eigenvalue weighted by atomic mass is 9.99. The van der Waals surface area contributed by atoms with Crippen molar-refractivity contribution in [2.75, 3.05) is 6.61 Å². The minimum absolute atomic E-state index is 0.00760. The molecule has 3 rings (SSSR count). The van der Waals surface area contributed by atoms with Crippen LogP contribution in [0.5, 0.6) is 5.75 Å². The molecule has 0 aromatic heterocycles. The molecular formula is C19H14ClF3O3S. The van der Waals surface area contributed by atoms with Crippen LogP contribution in [0.1, 0.15) is 17.7 Å². The second-order valence-corrected chi connectivity index (χ2v) is 7.17. The van der Waals surface area contributed by atoms with Gasteiger partial charge in [0.25, 0.3) is 0 Å². The van der Waals surface area contributed by atoms with Crippen molar-refractivity contribution in [1.82, 2.24) is 0 Å². The van der Waals surface area contributed by atoms with Crippen LogP contribution in [0.4, 0.5) is 13.2 Å². The largest absolute Gasteiger partial charge is 0.462 e. The van der Waals surface area contributed by atoms with E-state index >= 15 is 0 Å². The first-order valence-corrected chi connectivity index (χ1v) is 9.24. The van der Waals surface area contributed by atoms with Gasteiger partial charge >= 0.3 is 12.1 Å². The molecular weight excluding hydrogens is 401 g/mol. The summed E-state index contributed by atoms with van der Waals surface area (Å²) in [6, 6.07) is 13.1. The Morgan fingerprint density at radius 3 is 2.56 bits per heavy atom. The maximum atomic E-state index is 13.7. The third-order valence-corrected chi connectivity index (χ3v) is 5.23. The van der Waals surface area contributed by atoms with Crippen molar-refractivity contribution < 1.29 is 27.4 Å². The maximum absolute atomic E-state index is 13.7. The van der Waals surface area contributed by atoms with Gasteiger partial charge in [0.1, 0.15) is 11.3 Å². The van der Waals surface area contributed by atoms with E-state index in [-0.39, 0.29) is 12.4 Å². The maximum Gasteiger partial charge on any atom is 0.450 e. The Hall–Kier alpha value is -2.12. The molecule has 8 heteroatoms. The van der Waals surface area contributed by atoms with Gasteiger partial charge in [-0.05, 0) is 37.3 Å². The van der Waals surface area contributed by atoms with Gasteiger partial charge in [-0.1, -0.05) is 29.8 Å². The van der Waals surface area contributed by atoms with Crippen LogP contribution >= 0.6 is 23.4 Å². The lowest BCUT2D eigenvalue weighted by molar-refractivity contribution is -0.142. The smallest absolute Gasteiger partial charge is 0.450 e. The van der Waals surface area contributed by atoms with Gasteiger partial charge in [0, 0.05) is 15.5 Å². The molecule has 1 aliphatic heterocycles. The molecule has 0 saturated heterocycles. The average Bonchev–Trinajstić information content (AvgIpc) is 2.62. The third-order valence-electron chi connectivity index (χ3n) is 3.72. The third kappa shape index (κ3) is 4.25. The number of carbonyl (C=O) groups is 1. The molecule has 0 bridgehead atoms. The minimum Gasteiger partial charge on any atom is -0.462 e. The summed E-state index contributed by atoms with van der Waals surface area (Å²) in [7, 11) is 0. The van der Waals surface area contributed by atoms with Crippen molar-refractivity contribution in [1.29, 1.82) is 0 Å². The normalized spacial score (nSPS) is 16.6. The molecule has 0 fully saturated rings. The Bertz CT molecular complexity index is 882. The van der Waals surface area contributed by atoms with E-state index in [0.29, 0.717) is 15.5 Å². The van der Waals surface area contributed by atoms with Crippen molar-refractivity contribution in [2.45, 2.75) is 23.2 Å². The molecule has 0 radical (unpaired) electrons. The Balaban J connectivity index is 2.19. The van der Waals surface area contributed by atoms with Gasteiger partial charge in [0.05, 0.1) is 11.9 Å². The van der Waals surface area contributed by atoms with Gasteiger partial charge in [-0.3, -0.25) is 0 Å². The molecule has 1 heterocycles. The lowest BCUT2D eigenvalue weighted by Gasteiger charge is -2.30. The SMILES string of the molecule is CCOC(=O)C1=C(C(F)(F)F)Oc2ccc(Cl)cc2C1Sc1ccccc1. The topological polar surface area (TPSA) is 35.5 Å². The van der Waals surface area contributed by atoms with Crippen LogP contribution in [0.25, 0.3) is 0 Å². The number of thioether (sulfide) groups is 1. The second kappa shape index (κ2) is 7.86. The first-order chi connectivity index (χ1) is 12.8. The highest BCUT2D eigenvalue weighted by molar-refractivity contribution is 7.99. The lowest BCUT2D eigenvalue weighted by Crippen LogP contribution is -2.29. The van der Waals surface area contributed by atoms with Crippen LogP contribution in [0.15, 0.2) is 64.8 Å². The van der Waals surface area contributed by atoms with Crippen molar-refractivity contribution in [3.8, 4) is 5.75 Å². The van der Waals surface area contributed by atoms with E-state index in [9.17, 15) is 18.0 Å². The van der Waals surface area contributed by atoms with E-state index in [1.165, 1.54) is 25.1 Å². The summed E-state index contributed by atoms with van der Waals surface area (Å²) in [6.07, 6.45) is -4.85. The molecule has 0 aliphatic carbocycles. The van der Waals surface area contributed by atoms with E-state index in [4.69, 9.17) is 21.1 Å². The molecule has 3 nitrogen and oxygen atoms in total. The summed E-state index contributed by atoms with van der Waals surface area (Å²) in [4.78, 5) is 13.1. The number of hydrogen-bond donors (Lipinski definition) is 0. The molecule has 0 saturated carbocycles. The predicted molar refractivity (Wildman–Crippen MR) is 96.8 cm³/mol. The fraction of sp³-hybridized carbons (Fsp3) is 0.211. The summed E-state index contributed by atoms with van der Waals surface area (Å²) in [5.74, 6) is -2.42. The molecule has 0 N–H and O–H groups in total. The summed E-state index contributed by atoms with van der Waals surface area (Å²) in [6.45, 7) is 1.47. The molecule has 1 unspecified atom stereocenters. The molecule has 0 amide bonds. The zero-order valence-corrected chi connectivity index (χ0v) is 15.6. The fourth-order valence-corrected chi connectivity index (χ4v) is 4.03. The van der Waals surface area contributed by atoms with Crippen LogP contribution in [0.3, 0.4) is 0 Å². The molecule has 0 spiro atoms. The number of ether oxygens (including phenoxy) is 2. The standard InChI is InChI=1S/C19H14ClF3O3S/c1-2-25-18(24)15-16(27-12-6-4-3-5-7-12)13-10-11(20)8-9-14(13)26-17(15)19(21,22)23/h3-10,16H,2H2,1H3. The average molecular weight is 415 g/mol. The van der Waals surface area contributed by atoms with Crippen molar-refractivity contribution in [2.24, 2.45) is 0 Å². The van der Waals surface area contributed by atoms with Crippen LogP contribution < -0.4 is 4.74 Å². The zero-order valence-electron chi connectivity index (χ0n) is 14.0. The molecule has 1 atom stereocenters. The van der Waals surface area contributed by atoms with Crippen molar-refractivity contribution >= 4 is 29.3 Å². The molecule has 2 aromatic carbocycles. The van der Waals surface area contributed by atoms with E-state index < -0.39 is 28.7 Å². The minimum atomic E-state index is -4.85. The van der Waals surface area contributed by atoms with Gasteiger partial charge < -0.3 is 9.47 Å². The number of benzene rings is 2. The highest BCUT2D eigenvalue weighted by atomic mass is 35.5. The van der Waals surface area contributed by atoms with E-state index in [0.717, 1.165) is 11.8 Å². The van der Waals surface area contributed by atoms with Crippen molar-refractivity contribution in [3.63, 3.8) is 0 Å². The number of fused-ring (bicyclic) bond motifs is 1.